The minimum Gasteiger partial charge on any atom is -0.460 e. The monoisotopic (exact) mass is 644 g/mol. The van der Waals surface area contributed by atoms with Crippen LogP contribution in [0.1, 0.15) is 11.1 Å². The number of aliphatic hydroxyl groups excluding tert-OH is 2. The van der Waals surface area contributed by atoms with Crippen molar-refractivity contribution in [3.63, 3.8) is 0 Å². The smallest absolute Gasteiger partial charge is 0.330 e. The van der Waals surface area contributed by atoms with Gasteiger partial charge in [0.15, 0.2) is 0 Å². The largest absolute Gasteiger partial charge is 0.460 e. The van der Waals surface area contributed by atoms with E-state index in [0.717, 1.165) is 77.1 Å². The van der Waals surface area contributed by atoms with Gasteiger partial charge in [-0.05, 0) is 77.1 Å². The van der Waals surface area contributed by atoms with Gasteiger partial charge < -0.3 is 29.2 Å². The van der Waals surface area contributed by atoms with Crippen molar-refractivity contribution in [2.24, 2.45) is 0 Å². The number of esters is 2. The summed E-state index contributed by atoms with van der Waals surface area (Å²) < 4.78 is 21.5. The molecule has 0 aromatic heterocycles. The fraction of sp³-hybridized carbons (Fsp3) is 0.200. The van der Waals surface area contributed by atoms with Crippen molar-refractivity contribution in [3.8, 4) is 0 Å². The van der Waals surface area contributed by atoms with Crippen LogP contribution >= 0.6 is 0 Å². The molecule has 0 spiro atoms. The second-order valence-corrected chi connectivity index (χ2v) is 11.6. The standard InChI is InChI=1S/C40H36O8/c1-3-37(43)47-23-27(41)21-45-19-25-13-15-31-29-9-5-8-12-34(29)40-36-18-26(20-46-22-28(42)24-48-38(44)4-2)14-16-32(36)30-10-6-7-11-33(30)39(40)35(31)17-25/h3-18,27-28,41-42H,1-2,19-24H2. The predicted octanol–water partition coefficient (Wildman–Crippen LogP) is 6.67. The third-order valence-electron chi connectivity index (χ3n) is 8.26. The van der Waals surface area contributed by atoms with Crippen LogP contribution in [-0.2, 0) is 41.8 Å². The second-order valence-electron chi connectivity index (χ2n) is 11.6. The van der Waals surface area contributed by atoms with E-state index in [4.69, 9.17) is 18.9 Å². The Morgan fingerprint density at radius 2 is 0.917 bits per heavy atom. The van der Waals surface area contributed by atoms with Crippen molar-refractivity contribution in [3.05, 3.63) is 121 Å². The maximum Gasteiger partial charge on any atom is 0.330 e. The molecular formula is C40H36O8. The first kappa shape index (κ1) is 32.8. The van der Waals surface area contributed by atoms with E-state index in [1.165, 1.54) is 0 Å². The van der Waals surface area contributed by atoms with Crippen LogP contribution in [0.15, 0.2) is 110 Å². The summed E-state index contributed by atoms with van der Waals surface area (Å²) in [5, 5.41) is 31.6. The molecule has 0 aliphatic rings. The third-order valence-corrected chi connectivity index (χ3v) is 8.26. The first-order valence-corrected chi connectivity index (χ1v) is 15.7. The Bertz CT molecular complexity index is 2010. The van der Waals surface area contributed by atoms with Crippen LogP contribution in [0, 0.1) is 0 Å². The third kappa shape index (κ3) is 6.93. The van der Waals surface area contributed by atoms with Crippen molar-refractivity contribution < 1.29 is 38.7 Å². The van der Waals surface area contributed by atoms with Crippen LogP contribution in [0.4, 0.5) is 0 Å². The van der Waals surface area contributed by atoms with Crippen molar-refractivity contribution in [2.45, 2.75) is 25.4 Å². The van der Waals surface area contributed by atoms with Gasteiger partial charge >= 0.3 is 11.9 Å². The van der Waals surface area contributed by atoms with E-state index < -0.39 is 24.1 Å². The number of hydrogen-bond donors (Lipinski definition) is 2. The lowest BCUT2D eigenvalue weighted by molar-refractivity contribution is -0.142. The lowest BCUT2D eigenvalue weighted by Crippen LogP contribution is -2.23. The zero-order valence-electron chi connectivity index (χ0n) is 26.4. The topological polar surface area (TPSA) is 112 Å². The van der Waals surface area contributed by atoms with E-state index in [-0.39, 0.29) is 39.6 Å². The number of carbonyl (C=O) groups excluding carboxylic acids is 2. The average Bonchev–Trinajstić information content (AvgIpc) is 3.12. The number of ether oxygens (including phenoxy) is 4. The van der Waals surface area contributed by atoms with Gasteiger partial charge in [0.1, 0.15) is 25.4 Å². The van der Waals surface area contributed by atoms with Crippen LogP contribution in [-0.4, -0.2) is 60.8 Å². The van der Waals surface area contributed by atoms with E-state index in [2.05, 4.69) is 73.8 Å². The molecule has 0 saturated heterocycles. The quantitative estimate of drug-likeness (QED) is 0.0769. The Labute approximate surface area is 277 Å². The molecule has 0 heterocycles. The highest BCUT2D eigenvalue weighted by Gasteiger charge is 2.17. The zero-order chi connectivity index (χ0) is 33.6. The van der Waals surface area contributed by atoms with Gasteiger partial charge in [-0.1, -0.05) is 86.0 Å². The number of carbonyl (C=O) groups is 2. The molecule has 8 nitrogen and oxygen atoms in total. The first-order chi connectivity index (χ1) is 23.4. The molecule has 2 atom stereocenters. The van der Waals surface area contributed by atoms with Crippen LogP contribution < -0.4 is 0 Å². The molecule has 8 heteroatoms. The molecular weight excluding hydrogens is 608 g/mol. The Morgan fingerprint density at radius 3 is 1.31 bits per heavy atom. The average molecular weight is 645 g/mol. The maximum absolute atomic E-state index is 11.3. The minimum atomic E-state index is -0.953. The van der Waals surface area contributed by atoms with Gasteiger partial charge in [0, 0.05) is 12.2 Å². The Balaban J connectivity index is 1.40. The molecule has 0 amide bonds. The van der Waals surface area contributed by atoms with E-state index in [0.29, 0.717) is 0 Å². The second kappa shape index (κ2) is 14.8. The number of aliphatic hydroxyl groups is 2. The Hall–Kier alpha value is -5.12. The summed E-state index contributed by atoms with van der Waals surface area (Å²) in [6, 6.07) is 29.4. The molecule has 0 bridgehead atoms. The lowest BCUT2D eigenvalue weighted by atomic mass is 9.86. The molecule has 6 aromatic carbocycles. The molecule has 6 aromatic rings. The Morgan fingerprint density at radius 1 is 0.542 bits per heavy atom. The van der Waals surface area contributed by atoms with Gasteiger partial charge in [0.25, 0.3) is 0 Å². The van der Waals surface area contributed by atoms with Gasteiger partial charge in [-0.3, -0.25) is 0 Å². The van der Waals surface area contributed by atoms with Gasteiger partial charge in [-0.15, -0.1) is 0 Å². The van der Waals surface area contributed by atoms with Gasteiger partial charge in [0.05, 0.1) is 26.4 Å². The van der Waals surface area contributed by atoms with Crippen molar-refractivity contribution in [1.82, 2.24) is 0 Å². The maximum atomic E-state index is 11.3. The summed E-state index contributed by atoms with van der Waals surface area (Å²) in [6.07, 6.45) is 0.201. The van der Waals surface area contributed by atoms with Crippen LogP contribution in [0.2, 0.25) is 0 Å². The number of fused-ring (bicyclic) bond motifs is 11. The molecule has 244 valence electrons. The number of rotatable bonds is 14. The van der Waals surface area contributed by atoms with Gasteiger partial charge in [0.2, 0.25) is 0 Å². The van der Waals surface area contributed by atoms with Crippen molar-refractivity contribution >= 4 is 65.8 Å². The molecule has 2 unspecified atom stereocenters. The first-order valence-electron chi connectivity index (χ1n) is 15.7. The molecule has 0 aliphatic heterocycles. The van der Waals surface area contributed by atoms with E-state index in [1.54, 1.807) is 0 Å². The summed E-state index contributed by atoms with van der Waals surface area (Å²) >= 11 is 0. The minimum absolute atomic E-state index is 0.0103. The number of hydrogen-bond acceptors (Lipinski definition) is 8. The highest BCUT2D eigenvalue weighted by molar-refractivity contribution is 6.39. The molecule has 0 fully saturated rings. The molecule has 6 rings (SSSR count). The van der Waals surface area contributed by atoms with Crippen molar-refractivity contribution in [2.75, 3.05) is 26.4 Å². The SMILES string of the molecule is C=CC(=O)OCC(O)COCc1ccc2c3ccccc3c3c4cc(COCC(O)COC(=O)C=C)ccc4c4ccccc4c3c2c1. The fourth-order valence-corrected chi connectivity index (χ4v) is 6.14. The Kier molecular flexibility index (Phi) is 10.1. The van der Waals surface area contributed by atoms with E-state index >= 15 is 0 Å². The summed E-state index contributed by atoms with van der Waals surface area (Å²) in [5.41, 5.74) is 1.89. The van der Waals surface area contributed by atoms with Crippen LogP contribution in [0.3, 0.4) is 0 Å². The normalized spacial score (nSPS) is 12.8. The number of benzene rings is 6. The van der Waals surface area contributed by atoms with E-state index in [1.807, 2.05) is 24.3 Å². The molecule has 0 aliphatic carbocycles. The van der Waals surface area contributed by atoms with Crippen LogP contribution in [0.5, 0.6) is 0 Å². The summed E-state index contributed by atoms with van der Waals surface area (Å²) in [4.78, 5) is 22.7. The van der Waals surface area contributed by atoms with Gasteiger partial charge in [-0.25, -0.2) is 9.59 Å². The highest BCUT2D eigenvalue weighted by atomic mass is 16.6. The lowest BCUT2D eigenvalue weighted by Gasteiger charge is -2.18. The summed E-state index contributed by atoms with van der Waals surface area (Å²) in [5.74, 6) is -1.19. The van der Waals surface area contributed by atoms with E-state index in [9.17, 15) is 19.8 Å². The molecule has 0 radical (unpaired) electrons. The molecule has 48 heavy (non-hydrogen) atoms. The fourth-order valence-electron chi connectivity index (χ4n) is 6.14. The molecule has 2 N–H and O–H groups in total. The zero-order valence-corrected chi connectivity index (χ0v) is 26.4. The predicted molar refractivity (Wildman–Crippen MR) is 188 cm³/mol. The molecule has 0 saturated carbocycles. The van der Waals surface area contributed by atoms with Crippen molar-refractivity contribution in [1.29, 1.82) is 0 Å². The van der Waals surface area contributed by atoms with Gasteiger partial charge in [-0.2, -0.15) is 0 Å². The highest BCUT2D eigenvalue weighted by Crippen LogP contribution is 2.44. The van der Waals surface area contributed by atoms with Crippen LogP contribution in [0.25, 0.3) is 53.9 Å². The summed E-state index contributed by atoms with van der Waals surface area (Å²) in [6.45, 7) is 6.93. The summed E-state index contributed by atoms with van der Waals surface area (Å²) in [7, 11) is 0.